The van der Waals surface area contributed by atoms with Gasteiger partial charge in [0.1, 0.15) is 36.7 Å². The Bertz CT molecular complexity index is 3090. The van der Waals surface area contributed by atoms with Gasteiger partial charge in [-0.15, -0.1) is 0 Å². The van der Waals surface area contributed by atoms with Gasteiger partial charge in [-0.25, -0.2) is 14.2 Å². The Morgan fingerprint density at radius 3 is 2.39 bits per heavy atom. The topological polar surface area (TPSA) is 168 Å². The molecular weight excluding hydrogens is 782 g/mol. The first-order valence-corrected chi connectivity index (χ1v) is 19.7. The number of H-pyrrole nitrogens is 1. The Labute approximate surface area is 347 Å². The van der Waals surface area contributed by atoms with Crippen LogP contribution in [0.4, 0.5) is 15.8 Å². The van der Waals surface area contributed by atoms with Crippen LogP contribution in [0.3, 0.4) is 0 Å². The van der Waals surface area contributed by atoms with Crippen molar-refractivity contribution < 1.29 is 13.9 Å². The van der Waals surface area contributed by atoms with E-state index in [0.717, 1.165) is 23.3 Å². The molecule has 0 bridgehead atoms. The molecule has 0 saturated carbocycles. The van der Waals surface area contributed by atoms with Gasteiger partial charge in [-0.2, -0.15) is 19.9 Å². The molecule has 1 fully saturated rings. The number of pyridine rings is 1. The summed E-state index contributed by atoms with van der Waals surface area (Å²) in [5.74, 6) is 0.161. The van der Waals surface area contributed by atoms with Crippen molar-refractivity contribution in [1.82, 2.24) is 33.8 Å². The highest BCUT2D eigenvalue weighted by Crippen LogP contribution is 2.42. The first-order chi connectivity index (χ1) is 29.5. The highest BCUT2D eigenvalue weighted by atomic mass is 19.1. The molecule has 1 amide bonds. The van der Waals surface area contributed by atoms with Crippen molar-refractivity contribution in [2.24, 2.45) is 10.3 Å². The van der Waals surface area contributed by atoms with Gasteiger partial charge < -0.3 is 19.1 Å². The van der Waals surface area contributed by atoms with E-state index in [2.05, 4.69) is 25.3 Å². The number of anilines is 2. The number of aromatic amines is 1. The highest BCUT2D eigenvalue weighted by Gasteiger charge is 2.31. The van der Waals surface area contributed by atoms with Crippen molar-refractivity contribution in [1.29, 1.82) is 0 Å². The summed E-state index contributed by atoms with van der Waals surface area (Å²) in [4.78, 5) is 62.0. The number of amides is 1. The fraction of sp³-hybridized carbons (Fsp3) is 0.227. The zero-order chi connectivity index (χ0) is 42.4. The number of aromatic nitrogens is 6. The smallest absolute Gasteiger partial charge is 0.348 e. The third kappa shape index (κ3) is 7.28. The van der Waals surface area contributed by atoms with Crippen LogP contribution in [-0.4, -0.2) is 86.1 Å². The van der Waals surface area contributed by atoms with Crippen LogP contribution in [0.2, 0.25) is 0 Å². The van der Waals surface area contributed by atoms with E-state index < -0.39 is 16.9 Å². The number of nitrogens with zero attached hydrogens (tertiary/aromatic N) is 10. The number of rotatable bonds is 6. The SMILES string of the molecule is C[C@H]1COc2c(N3CCN(C)CC3)c(F)cc3c(=O)c(-n4nc[nH]c4=O)cn1c23.Cc1ccc(/C=C/c2nc3ccccc3c(=O)n2-c2cccc(N3N=NCC3=O)c2)cc1. The van der Waals surface area contributed by atoms with Crippen molar-refractivity contribution >= 4 is 51.2 Å². The number of hydrogen-bond acceptors (Lipinski definition) is 11. The average molecular weight is 822 g/mol. The number of fused-ring (bicyclic) bond motifs is 1. The van der Waals surface area contributed by atoms with Crippen LogP contribution in [-0.2, 0) is 4.79 Å². The second-order valence-corrected chi connectivity index (χ2v) is 15.1. The lowest BCUT2D eigenvalue weighted by molar-refractivity contribution is -0.116. The molecule has 16 nitrogen and oxygen atoms in total. The number of carbonyl (C=O) groups is 1. The molecule has 0 aliphatic carbocycles. The first-order valence-electron chi connectivity index (χ1n) is 19.7. The summed E-state index contributed by atoms with van der Waals surface area (Å²) in [7, 11) is 2.03. The number of para-hydroxylation sites is 1. The van der Waals surface area contributed by atoms with Gasteiger partial charge in [-0.3, -0.25) is 23.9 Å². The molecule has 1 N–H and O–H groups in total. The minimum atomic E-state index is -0.524. The summed E-state index contributed by atoms with van der Waals surface area (Å²) < 4.78 is 25.7. The molecule has 3 aliphatic rings. The summed E-state index contributed by atoms with van der Waals surface area (Å²) in [6, 6.07) is 23.6. The number of likely N-dealkylation sites (N-methyl/N-ethyl adjacent to an activating group) is 1. The number of hydrogen-bond donors (Lipinski definition) is 1. The van der Waals surface area contributed by atoms with Gasteiger partial charge in [0.2, 0.25) is 5.43 Å². The Kier molecular flexibility index (Phi) is 10.2. The zero-order valence-electron chi connectivity index (χ0n) is 33.5. The summed E-state index contributed by atoms with van der Waals surface area (Å²) >= 11 is 0. The maximum atomic E-state index is 15.3. The van der Waals surface area contributed by atoms with Gasteiger partial charge in [0.15, 0.2) is 11.6 Å². The Morgan fingerprint density at radius 1 is 0.885 bits per heavy atom. The van der Waals surface area contributed by atoms with Crippen molar-refractivity contribution in [3.63, 3.8) is 0 Å². The average Bonchev–Trinajstić information content (AvgIpc) is 3.90. The number of ether oxygens (including phenoxy) is 1. The monoisotopic (exact) mass is 821 g/mol. The van der Waals surface area contributed by atoms with E-state index in [9.17, 15) is 19.2 Å². The van der Waals surface area contributed by atoms with E-state index >= 15 is 4.39 Å². The standard InChI is InChI=1S/C25H19N5O2.C19H21FN6O3/c1-17-9-11-18(12-10-17)13-14-23-27-22-8-3-2-7-21(22)25(32)29(23)19-5-4-6-20(15-19)30-24(31)16-26-28-30;1-11-9-29-18-15-12(7-13(20)16(18)24-5-3-23(2)4-6-24)17(27)14(8-25(11)15)26-19(28)21-10-22-26/h2-15H,16H2,1H3;7-8,10-11H,3-6,9H2,1-2H3,(H,21,22,28)/b14-13+;/t;11-/m.0/s1. The van der Waals surface area contributed by atoms with Gasteiger partial charge in [0.05, 0.1) is 39.2 Å². The van der Waals surface area contributed by atoms with Crippen LogP contribution in [0.15, 0.2) is 116 Å². The Hall–Kier alpha value is -7.53. The molecule has 3 aromatic heterocycles. The molecule has 0 unspecified atom stereocenters. The van der Waals surface area contributed by atoms with Crippen LogP contribution in [0, 0.1) is 12.7 Å². The normalized spacial score (nSPS) is 16.4. The summed E-state index contributed by atoms with van der Waals surface area (Å²) in [6.07, 6.45) is 6.58. The van der Waals surface area contributed by atoms with Crippen molar-refractivity contribution in [2.45, 2.75) is 19.9 Å². The number of nitrogens with one attached hydrogen (secondary N) is 1. The lowest BCUT2D eigenvalue weighted by atomic mass is 10.1. The summed E-state index contributed by atoms with van der Waals surface area (Å²) in [5.41, 5.74) is 3.78. The number of benzene rings is 4. The van der Waals surface area contributed by atoms with Gasteiger partial charge in [0, 0.05) is 32.4 Å². The van der Waals surface area contributed by atoms with Crippen molar-refractivity contribution in [3.05, 3.63) is 145 Å². The summed E-state index contributed by atoms with van der Waals surface area (Å²) in [6.45, 7) is 7.33. The van der Waals surface area contributed by atoms with Gasteiger partial charge >= 0.3 is 5.69 Å². The molecule has 61 heavy (non-hydrogen) atoms. The van der Waals surface area contributed by atoms with Crippen LogP contribution in [0.25, 0.3) is 45.3 Å². The minimum absolute atomic E-state index is 0.0201. The van der Waals surface area contributed by atoms with E-state index in [4.69, 9.17) is 9.72 Å². The molecule has 6 heterocycles. The number of aryl methyl sites for hydroxylation is 1. The van der Waals surface area contributed by atoms with Crippen molar-refractivity contribution in [3.8, 4) is 17.1 Å². The molecule has 10 rings (SSSR count). The molecule has 1 atom stereocenters. The molecular formula is C44H40FN11O5. The number of carbonyl (C=O) groups excluding carboxylic acids is 1. The fourth-order valence-corrected chi connectivity index (χ4v) is 7.69. The van der Waals surface area contributed by atoms with Crippen molar-refractivity contribution in [2.75, 3.05) is 56.3 Å². The quantitative estimate of drug-likeness (QED) is 0.234. The molecule has 4 aromatic carbocycles. The number of piperazine rings is 1. The second-order valence-electron chi connectivity index (χ2n) is 15.1. The predicted molar refractivity (Wildman–Crippen MR) is 230 cm³/mol. The lowest BCUT2D eigenvalue weighted by Gasteiger charge is -2.37. The Morgan fingerprint density at radius 2 is 1.66 bits per heavy atom. The third-order valence-corrected chi connectivity index (χ3v) is 11.0. The van der Waals surface area contributed by atoms with Gasteiger partial charge in [-0.1, -0.05) is 59.3 Å². The van der Waals surface area contributed by atoms with E-state index in [1.165, 1.54) is 23.0 Å². The zero-order valence-corrected chi connectivity index (χ0v) is 33.5. The first kappa shape index (κ1) is 39.0. The van der Waals surface area contributed by atoms with E-state index in [1.54, 1.807) is 35.0 Å². The predicted octanol–water partition coefficient (Wildman–Crippen LogP) is 5.30. The number of halogens is 1. The van der Waals surface area contributed by atoms with E-state index in [1.807, 2.05) is 91.0 Å². The van der Waals surface area contributed by atoms with Crippen LogP contribution in [0.1, 0.15) is 29.9 Å². The van der Waals surface area contributed by atoms with Gasteiger partial charge in [-0.05, 0) is 68.9 Å². The molecule has 1 saturated heterocycles. The molecule has 3 aliphatic heterocycles. The third-order valence-electron chi connectivity index (χ3n) is 11.0. The molecule has 17 heteroatoms. The fourth-order valence-electron chi connectivity index (χ4n) is 7.69. The molecule has 7 aromatic rings. The van der Waals surface area contributed by atoms with E-state index in [0.29, 0.717) is 64.8 Å². The second kappa shape index (κ2) is 15.9. The maximum absolute atomic E-state index is 15.3. The Balaban J connectivity index is 0.000000157. The molecule has 308 valence electrons. The molecule has 0 spiro atoms. The maximum Gasteiger partial charge on any atom is 0.348 e. The van der Waals surface area contributed by atoms with Crippen LogP contribution in [0.5, 0.6) is 5.75 Å². The van der Waals surface area contributed by atoms with Crippen LogP contribution >= 0.6 is 0 Å². The molecule has 0 radical (unpaired) electrons. The van der Waals surface area contributed by atoms with E-state index in [-0.39, 0.29) is 35.1 Å². The van der Waals surface area contributed by atoms with Crippen LogP contribution < -0.4 is 31.3 Å². The van der Waals surface area contributed by atoms with Gasteiger partial charge in [0.25, 0.3) is 11.5 Å². The minimum Gasteiger partial charge on any atom is -0.487 e. The lowest BCUT2D eigenvalue weighted by Crippen LogP contribution is -2.45. The summed E-state index contributed by atoms with van der Waals surface area (Å²) in [5, 5.41) is 13.5. The largest absolute Gasteiger partial charge is 0.487 e. The highest BCUT2D eigenvalue weighted by molar-refractivity contribution is 5.96.